The van der Waals surface area contributed by atoms with E-state index in [2.05, 4.69) is 53.5 Å². The molecule has 0 saturated heterocycles. The summed E-state index contributed by atoms with van der Waals surface area (Å²) in [5.41, 5.74) is 9.25. The van der Waals surface area contributed by atoms with E-state index in [1.165, 1.54) is 0 Å². The molecule has 3 N–H and O–H groups in total. The highest BCUT2D eigenvalue weighted by atomic mass is 79.9. The molecule has 1 amide bonds. The Morgan fingerprint density at radius 2 is 1.75 bits per heavy atom. The molecule has 2 aromatic carbocycles. The van der Waals surface area contributed by atoms with Gasteiger partial charge in [0.2, 0.25) is 5.95 Å². The topological polar surface area (TPSA) is 76.2 Å². The number of aromatic nitrogens is 2. The van der Waals surface area contributed by atoms with E-state index >= 15 is 0 Å². The van der Waals surface area contributed by atoms with E-state index in [9.17, 15) is 4.79 Å². The van der Waals surface area contributed by atoms with Crippen molar-refractivity contribution in [2.45, 2.75) is 40.7 Å². The third kappa shape index (κ3) is 6.11. The first-order chi connectivity index (χ1) is 15.3. The van der Waals surface area contributed by atoms with Crippen LogP contribution in [0.1, 0.15) is 44.5 Å². The lowest BCUT2D eigenvalue weighted by atomic mass is 10.1. The number of anilines is 2. The second kappa shape index (κ2) is 11.0. The van der Waals surface area contributed by atoms with E-state index in [-0.39, 0.29) is 5.91 Å². The number of fused-ring (bicyclic) bond motifs is 1. The maximum absolute atomic E-state index is 13.4. The van der Waals surface area contributed by atoms with Gasteiger partial charge in [-0.1, -0.05) is 43.6 Å². The van der Waals surface area contributed by atoms with Crippen LogP contribution in [0.5, 0.6) is 0 Å². The van der Waals surface area contributed by atoms with Crippen molar-refractivity contribution >= 4 is 44.5 Å². The second-order valence-corrected chi connectivity index (χ2v) is 9.98. The number of hydrogen-bond donors (Lipinski definition) is 2. The fourth-order valence-corrected chi connectivity index (χ4v) is 4.06. The van der Waals surface area contributed by atoms with Crippen molar-refractivity contribution in [1.29, 1.82) is 0 Å². The van der Waals surface area contributed by atoms with E-state index in [0.29, 0.717) is 23.9 Å². The largest absolute Gasteiger partial charge is 0.338 e. The number of hydrogen-bond acceptors (Lipinski definition) is 4. The van der Waals surface area contributed by atoms with Crippen molar-refractivity contribution in [3.63, 3.8) is 0 Å². The van der Waals surface area contributed by atoms with Gasteiger partial charge in [-0.15, -0.1) is 0 Å². The van der Waals surface area contributed by atoms with Crippen molar-refractivity contribution < 1.29 is 4.79 Å². The highest BCUT2D eigenvalue weighted by Crippen LogP contribution is 2.26. The minimum Gasteiger partial charge on any atom is -0.338 e. The Morgan fingerprint density at radius 1 is 1.09 bits per heavy atom. The van der Waals surface area contributed by atoms with Crippen LogP contribution in [0, 0.1) is 11.8 Å². The minimum absolute atomic E-state index is 0.0725. The fraction of sp³-hybridized carbons (Fsp3) is 0.440. The zero-order valence-corrected chi connectivity index (χ0v) is 21.0. The number of aryl methyl sites for hydroxylation is 1. The molecule has 6 nitrogen and oxygen atoms in total. The number of nitrogens with zero attached hydrogens (tertiary/aromatic N) is 3. The number of nitrogens with one attached hydrogen (secondary N) is 1. The summed E-state index contributed by atoms with van der Waals surface area (Å²) < 4.78 is 3.14. The Bertz CT molecular complexity index is 1030. The molecule has 0 spiro atoms. The third-order valence-corrected chi connectivity index (χ3v) is 5.67. The second-order valence-electron chi connectivity index (χ2n) is 9.06. The summed E-state index contributed by atoms with van der Waals surface area (Å²) in [6.07, 6.45) is 0.825. The molecule has 172 valence electrons. The normalized spacial score (nSPS) is 11.5. The molecule has 32 heavy (non-hydrogen) atoms. The molecule has 1 aromatic heterocycles. The lowest BCUT2D eigenvalue weighted by Gasteiger charge is -2.26. The average Bonchev–Trinajstić information content (AvgIpc) is 3.08. The minimum atomic E-state index is 0.0725. The molecule has 7 heteroatoms. The lowest BCUT2D eigenvalue weighted by molar-refractivity contribution is 0.0715. The molecule has 0 unspecified atom stereocenters. The van der Waals surface area contributed by atoms with Gasteiger partial charge in [-0.2, -0.15) is 0 Å². The van der Waals surface area contributed by atoms with Crippen LogP contribution in [0.2, 0.25) is 0 Å². The zero-order valence-electron chi connectivity index (χ0n) is 19.4. The van der Waals surface area contributed by atoms with Gasteiger partial charge in [0.1, 0.15) is 0 Å². The van der Waals surface area contributed by atoms with Crippen LogP contribution in [0.25, 0.3) is 11.0 Å². The number of carbonyl (C=O) groups is 1. The van der Waals surface area contributed by atoms with Crippen molar-refractivity contribution in [2.24, 2.45) is 17.6 Å². The number of nitrogens with two attached hydrogens (primary N) is 1. The van der Waals surface area contributed by atoms with Crippen molar-refractivity contribution in [3.8, 4) is 0 Å². The monoisotopic (exact) mass is 499 g/mol. The quantitative estimate of drug-likeness (QED) is 0.378. The van der Waals surface area contributed by atoms with Crippen LogP contribution in [-0.4, -0.2) is 40.0 Å². The number of carbonyl (C=O) groups excluding carboxylic acids is 1. The molecule has 0 bridgehead atoms. The SMILES string of the molecule is CC(C)CN(CC(C)C)C(=O)c1ccc2nc(Nc3ccc(Br)cc3)n(CCCN)c2c1. The van der Waals surface area contributed by atoms with Gasteiger partial charge in [-0.3, -0.25) is 4.79 Å². The van der Waals surface area contributed by atoms with E-state index in [1.54, 1.807) is 0 Å². The van der Waals surface area contributed by atoms with Crippen LogP contribution < -0.4 is 11.1 Å². The van der Waals surface area contributed by atoms with Gasteiger partial charge in [-0.05, 0) is 67.3 Å². The summed E-state index contributed by atoms with van der Waals surface area (Å²) in [4.78, 5) is 20.1. The van der Waals surface area contributed by atoms with E-state index in [4.69, 9.17) is 10.7 Å². The predicted octanol–water partition coefficient (Wildman–Crippen LogP) is 5.65. The van der Waals surface area contributed by atoms with Gasteiger partial charge in [0.15, 0.2) is 0 Å². The van der Waals surface area contributed by atoms with Gasteiger partial charge < -0.3 is 20.5 Å². The van der Waals surface area contributed by atoms with Crippen LogP contribution >= 0.6 is 15.9 Å². The number of rotatable bonds is 10. The summed E-state index contributed by atoms with van der Waals surface area (Å²) in [6, 6.07) is 13.8. The molecule has 0 aliphatic rings. The molecular formula is C25H34BrN5O. The smallest absolute Gasteiger partial charge is 0.253 e. The number of amides is 1. The first-order valence-electron chi connectivity index (χ1n) is 11.3. The predicted molar refractivity (Wildman–Crippen MR) is 136 cm³/mol. The Morgan fingerprint density at radius 3 is 2.34 bits per heavy atom. The van der Waals surface area contributed by atoms with Gasteiger partial charge in [0.05, 0.1) is 11.0 Å². The van der Waals surface area contributed by atoms with Crippen LogP contribution in [0.4, 0.5) is 11.6 Å². The number of benzene rings is 2. The zero-order chi connectivity index (χ0) is 23.3. The Labute approximate surface area is 199 Å². The van der Waals surface area contributed by atoms with E-state index < -0.39 is 0 Å². The van der Waals surface area contributed by atoms with E-state index in [1.807, 2.05) is 47.4 Å². The standard InChI is InChI=1S/C25H34BrN5O/c1-17(2)15-30(16-18(3)4)24(32)19-6-11-22-23(14-19)31(13-5-12-27)25(29-22)28-21-9-7-20(26)8-10-21/h6-11,14,17-18H,5,12-13,15-16,27H2,1-4H3,(H,28,29). The maximum Gasteiger partial charge on any atom is 0.253 e. The molecule has 3 aromatic rings. The molecule has 0 atom stereocenters. The highest BCUT2D eigenvalue weighted by molar-refractivity contribution is 9.10. The Balaban J connectivity index is 1.98. The van der Waals surface area contributed by atoms with E-state index in [0.717, 1.165) is 53.2 Å². The molecule has 0 aliphatic heterocycles. The molecule has 0 saturated carbocycles. The van der Waals surface area contributed by atoms with Crippen LogP contribution in [0.3, 0.4) is 0 Å². The molecule has 0 aliphatic carbocycles. The molecular weight excluding hydrogens is 466 g/mol. The average molecular weight is 500 g/mol. The Kier molecular flexibility index (Phi) is 8.32. The summed E-state index contributed by atoms with van der Waals surface area (Å²) in [5, 5.41) is 3.42. The fourth-order valence-electron chi connectivity index (χ4n) is 3.79. The first kappa shape index (κ1) is 24.3. The maximum atomic E-state index is 13.4. The lowest BCUT2D eigenvalue weighted by Crippen LogP contribution is -2.37. The summed E-state index contributed by atoms with van der Waals surface area (Å²) in [6.45, 7) is 11.4. The molecule has 0 fully saturated rings. The first-order valence-corrected chi connectivity index (χ1v) is 12.1. The number of halogens is 1. The molecule has 3 rings (SSSR count). The van der Waals surface area contributed by atoms with Gasteiger partial charge in [0, 0.05) is 35.4 Å². The van der Waals surface area contributed by atoms with Crippen LogP contribution in [0.15, 0.2) is 46.9 Å². The summed E-state index contributed by atoms with van der Waals surface area (Å²) >= 11 is 3.47. The number of imidazole rings is 1. The summed E-state index contributed by atoms with van der Waals surface area (Å²) in [5.74, 6) is 1.65. The van der Waals surface area contributed by atoms with Gasteiger partial charge in [0.25, 0.3) is 5.91 Å². The third-order valence-electron chi connectivity index (χ3n) is 5.14. The van der Waals surface area contributed by atoms with Crippen LogP contribution in [-0.2, 0) is 6.54 Å². The summed E-state index contributed by atoms with van der Waals surface area (Å²) in [7, 11) is 0. The van der Waals surface area contributed by atoms with Crippen molar-refractivity contribution in [2.75, 3.05) is 25.0 Å². The molecule has 1 heterocycles. The van der Waals surface area contributed by atoms with Crippen molar-refractivity contribution in [3.05, 3.63) is 52.5 Å². The highest BCUT2D eigenvalue weighted by Gasteiger charge is 2.20. The Hall–Kier alpha value is -2.38. The van der Waals surface area contributed by atoms with Gasteiger partial charge >= 0.3 is 0 Å². The molecule has 0 radical (unpaired) electrons. The van der Waals surface area contributed by atoms with Gasteiger partial charge in [-0.25, -0.2) is 4.98 Å². The van der Waals surface area contributed by atoms with Crippen molar-refractivity contribution in [1.82, 2.24) is 14.5 Å².